The van der Waals surface area contributed by atoms with Crippen molar-refractivity contribution in [3.8, 4) is 0 Å². The van der Waals surface area contributed by atoms with Gasteiger partial charge in [-0.25, -0.2) is 9.48 Å². The largest absolute Gasteiger partial charge is 0.396 e. The van der Waals surface area contributed by atoms with Gasteiger partial charge in [-0.05, 0) is 13.3 Å². The smallest absolute Gasteiger partial charge is 0.346 e. The average molecular weight is 242 g/mol. The number of aliphatic hydroxyl groups excluding tert-OH is 1. The summed E-state index contributed by atoms with van der Waals surface area (Å²) in [5.74, 6) is 0.241. The summed E-state index contributed by atoms with van der Waals surface area (Å²) in [5, 5.41) is 12.8. The Morgan fingerprint density at radius 1 is 1.35 bits per heavy atom. The molecule has 0 aliphatic rings. The number of nitrogens with zero attached hydrogens (tertiary/aromatic N) is 4. The molecule has 0 unspecified atom stereocenters. The summed E-state index contributed by atoms with van der Waals surface area (Å²) in [7, 11) is 2.93. The van der Waals surface area contributed by atoms with E-state index in [1.165, 1.54) is 14.1 Å². The Hall–Kier alpha value is -1.63. The molecule has 0 atom stereocenters. The van der Waals surface area contributed by atoms with Gasteiger partial charge in [-0.2, -0.15) is 0 Å². The maximum Gasteiger partial charge on any atom is 0.346 e. The molecule has 1 aromatic heterocycles. The van der Waals surface area contributed by atoms with Crippen LogP contribution in [-0.2, 0) is 14.1 Å². The molecule has 1 aromatic rings. The summed E-state index contributed by atoms with van der Waals surface area (Å²) >= 11 is 0. The van der Waals surface area contributed by atoms with Gasteiger partial charge in [0.25, 0.3) is 5.56 Å². The number of aromatic nitrogens is 3. The topological polar surface area (TPSA) is 80.4 Å². The van der Waals surface area contributed by atoms with Crippen LogP contribution in [0.3, 0.4) is 0 Å². The second-order valence-corrected chi connectivity index (χ2v) is 3.75. The molecule has 7 nitrogen and oxygen atoms in total. The van der Waals surface area contributed by atoms with Crippen molar-refractivity contribution in [1.29, 1.82) is 0 Å². The normalized spacial score (nSPS) is 10.6. The van der Waals surface area contributed by atoms with Gasteiger partial charge in [-0.3, -0.25) is 9.36 Å². The fraction of sp³-hybridized carbons (Fsp3) is 0.700. The second kappa shape index (κ2) is 5.62. The van der Waals surface area contributed by atoms with Crippen molar-refractivity contribution >= 4 is 5.82 Å². The van der Waals surface area contributed by atoms with E-state index in [2.05, 4.69) is 5.10 Å². The molecular formula is C10H18N4O3. The summed E-state index contributed by atoms with van der Waals surface area (Å²) in [4.78, 5) is 25.1. The Bertz CT molecular complexity index is 491. The van der Waals surface area contributed by atoms with Crippen LogP contribution in [0.5, 0.6) is 0 Å². The predicted molar refractivity (Wildman–Crippen MR) is 64.3 cm³/mol. The number of hydrogen-bond donors (Lipinski definition) is 1. The average Bonchev–Trinajstić information content (AvgIpc) is 2.33. The van der Waals surface area contributed by atoms with Gasteiger partial charge in [0, 0.05) is 33.8 Å². The van der Waals surface area contributed by atoms with Crippen LogP contribution in [0.4, 0.5) is 5.82 Å². The molecule has 7 heteroatoms. The van der Waals surface area contributed by atoms with E-state index in [0.29, 0.717) is 19.5 Å². The van der Waals surface area contributed by atoms with E-state index < -0.39 is 11.2 Å². The summed E-state index contributed by atoms with van der Waals surface area (Å²) in [6, 6.07) is 0. The van der Waals surface area contributed by atoms with Crippen molar-refractivity contribution in [3.05, 3.63) is 20.8 Å². The fourth-order valence-electron chi connectivity index (χ4n) is 1.56. The molecule has 0 amide bonds. The van der Waals surface area contributed by atoms with Gasteiger partial charge in [-0.1, -0.05) is 0 Å². The van der Waals surface area contributed by atoms with E-state index in [-0.39, 0.29) is 12.4 Å². The maximum atomic E-state index is 11.9. The van der Waals surface area contributed by atoms with Crippen molar-refractivity contribution in [2.75, 3.05) is 24.6 Å². The third kappa shape index (κ3) is 2.73. The molecule has 1 heterocycles. The first-order valence-corrected chi connectivity index (χ1v) is 5.53. The molecule has 1 rings (SSSR count). The highest BCUT2D eigenvalue weighted by atomic mass is 16.3. The van der Waals surface area contributed by atoms with E-state index in [1.54, 1.807) is 4.90 Å². The monoisotopic (exact) mass is 242 g/mol. The Morgan fingerprint density at radius 2 is 2.00 bits per heavy atom. The van der Waals surface area contributed by atoms with Crippen LogP contribution in [0.15, 0.2) is 9.59 Å². The van der Waals surface area contributed by atoms with Crippen molar-refractivity contribution in [2.24, 2.45) is 14.1 Å². The number of aryl methyl sites for hydroxylation is 1. The van der Waals surface area contributed by atoms with Crippen molar-refractivity contribution in [1.82, 2.24) is 14.3 Å². The van der Waals surface area contributed by atoms with E-state index >= 15 is 0 Å². The summed E-state index contributed by atoms with van der Waals surface area (Å²) in [6.45, 7) is 3.08. The molecule has 0 aliphatic heterocycles. The lowest BCUT2D eigenvalue weighted by molar-refractivity contribution is 0.289. The molecule has 0 saturated carbocycles. The highest BCUT2D eigenvalue weighted by Gasteiger charge is 2.14. The predicted octanol–water partition coefficient (Wildman–Crippen LogP) is -1.31. The number of rotatable bonds is 5. The van der Waals surface area contributed by atoms with Crippen molar-refractivity contribution in [2.45, 2.75) is 13.3 Å². The molecule has 0 bridgehead atoms. The highest BCUT2D eigenvalue weighted by Crippen LogP contribution is 2.02. The van der Waals surface area contributed by atoms with Crippen LogP contribution >= 0.6 is 0 Å². The first kappa shape index (κ1) is 13.4. The van der Waals surface area contributed by atoms with Crippen LogP contribution in [-0.4, -0.2) is 39.2 Å². The van der Waals surface area contributed by atoms with E-state index in [9.17, 15) is 9.59 Å². The maximum absolute atomic E-state index is 11.9. The van der Waals surface area contributed by atoms with Gasteiger partial charge < -0.3 is 10.0 Å². The van der Waals surface area contributed by atoms with Gasteiger partial charge >= 0.3 is 5.69 Å². The lowest BCUT2D eigenvalue weighted by Gasteiger charge is -2.21. The van der Waals surface area contributed by atoms with Crippen molar-refractivity contribution < 1.29 is 5.11 Å². The Morgan fingerprint density at radius 3 is 2.53 bits per heavy atom. The van der Waals surface area contributed by atoms with E-state index in [4.69, 9.17) is 5.11 Å². The first-order valence-electron chi connectivity index (χ1n) is 5.53. The zero-order valence-corrected chi connectivity index (χ0v) is 10.4. The molecule has 96 valence electrons. The van der Waals surface area contributed by atoms with E-state index in [0.717, 1.165) is 9.25 Å². The molecule has 0 fully saturated rings. The molecule has 0 radical (unpaired) electrons. The number of aliphatic hydroxyl groups is 1. The van der Waals surface area contributed by atoms with Gasteiger partial charge in [0.15, 0.2) is 0 Å². The molecule has 0 spiro atoms. The highest BCUT2D eigenvalue weighted by molar-refractivity contribution is 5.34. The zero-order valence-electron chi connectivity index (χ0n) is 10.4. The van der Waals surface area contributed by atoms with Crippen molar-refractivity contribution in [3.63, 3.8) is 0 Å². The third-order valence-electron chi connectivity index (χ3n) is 2.57. The quantitative estimate of drug-likeness (QED) is 0.693. The standard InChI is InChI=1S/C10H18N4O3/c1-4-14(6-5-7-15)8-9(16)12(2)10(17)13(3)11-8/h15H,4-7H2,1-3H3. The summed E-state index contributed by atoms with van der Waals surface area (Å²) in [6.07, 6.45) is 0.557. The number of hydrogen-bond acceptors (Lipinski definition) is 5. The summed E-state index contributed by atoms with van der Waals surface area (Å²) in [5.41, 5.74) is -0.857. The minimum atomic E-state index is -0.447. The second-order valence-electron chi connectivity index (χ2n) is 3.75. The number of anilines is 1. The van der Waals surface area contributed by atoms with Gasteiger partial charge in [0.2, 0.25) is 5.82 Å². The molecule has 17 heavy (non-hydrogen) atoms. The Balaban J connectivity index is 3.21. The van der Waals surface area contributed by atoms with Crippen LogP contribution in [0, 0.1) is 0 Å². The first-order chi connectivity index (χ1) is 8.02. The van der Waals surface area contributed by atoms with Gasteiger partial charge in [0.05, 0.1) is 0 Å². The fourth-order valence-corrected chi connectivity index (χ4v) is 1.56. The van der Waals surface area contributed by atoms with Crippen LogP contribution < -0.4 is 16.1 Å². The molecule has 1 N–H and O–H groups in total. The zero-order chi connectivity index (χ0) is 13.0. The SMILES string of the molecule is CCN(CCCO)c1nn(C)c(=O)n(C)c1=O. The molecule has 0 aliphatic carbocycles. The van der Waals surface area contributed by atoms with Crippen LogP contribution in [0.1, 0.15) is 13.3 Å². The molecular weight excluding hydrogens is 224 g/mol. The lowest BCUT2D eigenvalue weighted by atomic mass is 10.4. The molecule has 0 saturated heterocycles. The van der Waals surface area contributed by atoms with Gasteiger partial charge in [-0.15, -0.1) is 5.10 Å². The molecule has 0 aromatic carbocycles. The minimum absolute atomic E-state index is 0.0581. The minimum Gasteiger partial charge on any atom is -0.396 e. The Kier molecular flexibility index (Phi) is 4.45. The van der Waals surface area contributed by atoms with Gasteiger partial charge in [0.1, 0.15) is 0 Å². The lowest BCUT2D eigenvalue weighted by Crippen LogP contribution is -2.43. The van der Waals surface area contributed by atoms with Crippen LogP contribution in [0.2, 0.25) is 0 Å². The third-order valence-corrected chi connectivity index (χ3v) is 2.57. The van der Waals surface area contributed by atoms with E-state index in [1.807, 2.05) is 6.92 Å². The van der Waals surface area contributed by atoms with Crippen LogP contribution in [0.25, 0.3) is 0 Å². The summed E-state index contributed by atoms with van der Waals surface area (Å²) < 4.78 is 2.17. The Labute approximate surface area is 98.9 Å².